The highest BCUT2D eigenvalue weighted by molar-refractivity contribution is 5.10. The zero-order valence-corrected chi connectivity index (χ0v) is 6.72. The molecule has 1 fully saturated rings. The van der Waals surface area contributed by atoms with Crippen LogP contribution in [0.1, 0.15) is 26.7 Å². The van der Waals surface area contributed by atoms with Crippen molar-refractivity contribution >= 4 is 0 Å². The van der Waals surface area contributed by atoms with Crippen LogP contribution in [0.25, 0.3) is 0 Å². The minimum absolute atomic E-state index is 0.133. The molecular weight excluding hydrogens is 128 g/mol. The maximum absolute atomic E-state index is 8.96. The molecule has 1 aliphatic rings. The number of aliphatic hydroxyl groups excluding tert-OH is 2. The van der Waals surface area contributed by atoms with E-state index >= 15 is 0 Å². The van der Waals surface area contributed by atoms with Crippen LogP contribution in [0.15, 0.2) is 0 Å². The van der Waals surface area contributed by atoms with Gasteiger partial charge in [0.05, 0.1) is 13.2 Å². The normalized spacial score (nSPS) is 36.0. The van der Waals surface area contributed by atoms with E-state index < -0.39 is 0 Å². The average Bonchev–Trinajstić information content (AvgIpc) is 2.59. The van der Waals surface area contributed by atoms with Crippen molar-refractivity contribution in [2.24, 2.45) is 10.8 Å². The van der Waals surface area contributed by atoms with E-state index in [1.54, 1.807) is 0 Å². The fraction of sp³-hybridized carbons (Fsp3) is 1.00. The Morgan fingerprint density at radius 1 is 1.30 bits per heavy atom. The molecule has 0 aliphatic heterocycles. The van der Waals surface area contributed by atoms with Crippen molar-refractivity contribution in [3.8, 4) is 0 Å². The van der Waals surface area contributed by atoms with Gasteiger partial charge >= 0.3 is 0 Å². The standard InChI is InChI=1S/C8H16O2/c1-3-7(2)4-8(7,5-9)6-10/h9-10H,3-6H2,1-2H3/t7-/m0/s1. The maximum Gasteiger partial charge on any atom is 0.0514 e. The Hall–Kier alpha value is -0.0800. The Bertz CT molecular complexity index is 129. The van der Waals surface area contributed by atoms with Crippen LogP contribution in [0.3, 0.4) is 0 Å². The highest BCUT2D eigenvalue weighted by atomic mass is 16.3. The van der Waals surface area contributed by atoms with Crippen LogP contribution in [-0.2, 0) is 0 Å². The van der Waals surface area contributed by atoms with Gasteiger partial charge in [-0.3, -0.25) is 0 Å². The van der Waals surface area contributed by atoms with Crippen LogP contribution < -0.4 is 0 Å². The van der Waals surface area contributed by atoms with Gasteiger partial charge in [0.15, 0.2) is 0 Å². The largest absolute Gasteiger partial charge is 0.396 e. The second-order valence-electron chi connectivity index (χ2n) is 3.69. The van der Waals surface area contributed by atoms with Gasteiger partial charge in [-0.15, -0.1) is 0 Å². The molecule has 1 rings (SSSR count). The molecule has 2 heteroatoms. The Balaban J connectivity index is 2.59. The van der Waals surface area contributed by atoms with E-state index in [2.05, 4.69) is 13.8 Å². The van der Waals surface area contributed by atoms with Crippen molar-refractivity contribution in [1.29, 1.82) is 0 Å². The molecule has 2 nitrogen and oxygen atoms in total. The van der Waals surface area contributed by atoms with E-state index in [-0.39, 0.29) is 24.0 Å². The molecule has 0 bridgehead atoms. The Morgan fingerprint density at radius 3 is 1.90 bits per heavy atom. The van der Waals surface area contributed by atoms with Crippen LogP contribution in [0.5, 0.6) is 0 Å². The summed E-state index contributed by atoms with van der Waals surface area (Å²) < 4.78 is 0. The van der Waals surface area contributed by atoms with Crippen molar-refractivity contribution in [2.75, 3.05) is 13.2 Å². The van der Waals surface area contributed by atoms with Gasteiger partial charge in [0.2, 0.25) is 0 Å². The van der Waals surface area contributed by atoms with E-state index in [0.717, 1.165) is 12.8 Å². The second-order valence-corrected chi connectivity index (χ2v) is 3.69. The van der Waals surface area contributed by atoms with E-state index in [4.69, 9.17) is 10.2 Å². The van der Waals surface area contributed by atoms with Crippen molar-refractivity contribution in [3.05, 3.63) is 0 Å². The fourth-order valence-corrected chi connectivity index (χ4v) is 1.75. The first kappa shape index (κ1) is 8.02. The van der Waals surface area contributed by atoms with E-state index in [0.29, 0.717) is 0 Å². The first-order valence-electron chi connectivity index (χ1n) is 3.86. The lowest BCUT2D eigenvalue weighted by molar-refractivity contribution is 0.101. The minimum Gasteiger partial charge on any atom is -0.396 e. The van der Waals surface area contributed by atoms with E-state index in [1.807, 2.05) is 0 Å². The fourth-order valence-electron chi connectivity index (χ4n) is 1.75. The van der Waals surface area contributed by atoms with E-state index in [1.165, 1.54) is 0 Å². The van der Waals surface area contributed by atoms with Crippen LogP contribution in [0.2, 0.25) is 0 Å². The first-order chi connectivity index (χ1) is 4.64. The third kappa shape index (κ3) is 0.789. The summed E-state index contributed by atoms with van der Waals surface area (Å²) in [7, 11) is 0. The SMILES string of the molecule is CC[C@@]1(C)CC1(CO)CO. The molecule has 0 saturated heterocycles. The van der Waals surface area contributed by atoms with Crippen molar-refractivity contribution in [2.45, 2.75) is 26.7 Å². The van der Waals surface area contributed by atoms with Crippen LogP contribution in [0, 0.1) is 10.8 Å². The molecule has 0 amide bonds. The molecule has 0 aromatic heterocycles. The van der Waals surface area contributed by atoms with Gasteiger partial charge in [-0.25, -0.2) is 0 Å². The molecule has 0 radical (unpaired) electrons. The van der Waals surface area contributed by atoms with Gasteiger partial charge in [-0.1, -0.05) is 13.8 Å². The van der Waals surface area contributed by atoms with Gasteiger partial charge in [0.25, 0.3) is 0 Å². The highest BCUT2D eigenvalue weighted by Crippen LogP contribution is 2.64. The zero-order valence-electron chi connectivity index (χ0n) is 6.72. The topological polar surface area (TPSA) is 40.5 Å². The zero-order chi connectivity index (χ0) is 7.83. The van der Waals surface area contributed by atoms with Gasteiger partial charge in [-0.05, 0) is 18.3 Å². The summed E-state index contributed by atoms with van der Waals surface area (Å²) in [5, 5.41) is 17.9. The number of aliphatic hydroxyl groups is 2. The summed E-state index contributed by atoms with van der Waals surface area (Å²) in [4.78, 5) is 0. The van der Waals surface area contributed by atoms with Gasteiger partial charge in [0.1, 0.15) is 0 Å². The molecule has 1 atom stereocenters. The lowest BCUT2D eigenvalue weighted by Gasteiger charge is -2.16. The smallest absolute Gasteiger partial charge is 0.0514 e. The average molecular weight is 144 g/mol. The summed E-state index contributed by atoms with van der Waals surface area (Å²) in [6, 6.07) is 0. The third-order valence-electron chi connectivity index (χ3n) is 3.27. The maximum atomic E-state index is 8.96. The monoisotopic (exact) mass is 144 g/mol. The Morgan fingerprint density at radius 2 is 1.80 bits per heavy atom. The molecule has 1 saturated carbocycles. The molecule has 0 heterocycles. The lowest BCUT2D eigenvalue weighted by Crippen LogP contribution is -2.19. The van der Waals surface area contributed by atoms with E-state index in [9.17, 15) is 0 Å². The Kier molecular flexibility index (Phi) is 1.77. The lowest BCUT2D eigenvalue weighted by atomic mass is 9.93. The van der Waals surface area contributed by atoms with Crippen LogP contribution in [0.4, 0.5) is 0 Å². The quantitative estimate of drug-likeness (QED) is 0.614. The Labute approximate surface area is 61.9 Å². The minimum atomic E-state index is -0.151. The molecule has 60 valence electrons. The number of hydrogen-bond donors (Lipinski definition) is 2. The van der Waals surface area contributed by atoms with Gasteiger partial charge < -0.3 is 10.2 Å². The molecule has 0 spiro atoms. The molecule has 1 aliphatic carbocycles. The van der Waals surface area contributed by atoms with Crippen LogP contribution in [-0.4, -0.2) is 23.4 Å². The molecular formula is C8H16O2. The van der Waals surface area contributed by atoms with Gasteiger partial charge in [-0.2, -0.15) is 0 Å². The summed E-state index contributed by atoms with van der Waals surface area (Å²) in [5.41, 5.74) is 0.0538. The molecule has 0 unspecified atom stereocenters. The predicted molar refractivity (Wildman–Crippen MR) is 39.6 cm³/mol. The molecule has 0 aromatic carbocycles. The molecule has 2 N–H and O–H groups in total. The molecule has 0 aromatic rings. The number of hydrogen-bond acceptors (Lipinski definition) is 2. The predicted octanol–water partition coefficient (Wildman–Crippen LogP) is 0.777. The molecule has 10 heavy (non-hydrogen) atoms. The van der Waals surface area contributed by atoms with Crippen molar-refractivity contribution < 1.29 is 10.2 Å². The number of rotatable bonds is 3. The summed E-state index contributed by atoms with van der Waals surface area (Å²) in [6.45, 7) is 4.49. The second kappa shape index (κ2) is 2.21. The first-order valence-corrected chi connectivity index (χ1v) is 3.86. The van der Waals surface area contributed by atoms with Crippen molar-refractivity contribution in [1.82, 2.24) is 0 Å². The van der Waals surface area contributed by atoms with Gasteiger partial charge in [0, 0.05) is 5.41 Å². The van der Waals surface area contributed by atoms with Crippen LogP contribution >= 0.6 is 0 Å². The summed E-state index contributed by atoms with van der Waals surface area (Å²) >= 11 is 0. The highest BCUT2D eigenvalue weighted by Gasteiger charge is 2.62. The summed E-state index contributed by atoms with van der Waals surface area (Å²) in [5.74, 6) is 0. The third-order valence-corrected chi connectivity index (χ3v) is 3.27. The van der Waals surface area contributed by atoms with Crippen molar-refractivity contribution in [3.63, 3.8) is 0 Å². The summed E-state index contributed by atoms with van der Waals surface area (Å²) in [6.07, 6.45) is 2.03.